The van der Waals surface area contributed by atoms with Gasteiger partial charge >= 0.3 is 0 Å². The van der Waals surface area contributed by atoms with Crippen LogP contribution < -0.4 is 15.2 Å². The molecule has 2 atom stereocenters. The van der Waals surface area contributed by atoms with Gasteiger partial charge in [-0.25, -0.2) is 0 Å². The molecule has 0 fully saturated rings. The first-order valence-corrected chi connectivity index (χ1v) is 6.29. The molecule has 0 aliphatic rings. The van der Waals surface area contributed by atoms with E-state index in [1.54, 1.807) is 6.92 Å². The van der Waals surface area contributed by atoms with Crippen LogP contribution >= 0.6 is 0 Å². The summed E-state index contributed by atoms with van der Waals surface area (Å²) in [5.41, 5.74) is 4.59. The zero-order valence-electron chi connectivity index (χ0n) is 11.3. The minimum absolute atomic E-state index is 0.111. The van der Waals surface area contributed by atoms with Crippen LogP contribution in [0, 0.1) is 0 Å². The van der Waals surface area contributed by atoms with Gasteiger partial charge in [-0.2, -0.15) is 0 Å². The molecule has 0 aromatic heterocycles. The molecule has 4 nitrogen and oxygen atoms in total. The molecule has 0 spiro atoms. The van der Waals surface area contributed by atoms with Crippen molar-refractivity contribution in [2.45, 2.75) is 38.9 Å². The van der Waals surface area contributed by atoms with E-state index < -0.39 is 5.60 Å². The lowest BCUT2D eigenvalue weighted by Crippen LogP contribution is -2.38. The molecule has 4 heteroatoms. The lowest BCUT2D eigenvalue weighted by molar-refractivity contribution is 0.0237. The number of ether oxygens (including phenoxy) is 2. The van der Waals surface area contributed by atoms with E-state index in [1.165, 1.54) is 0 Å². The average Bonchev–Trinajstić information content (AvgIpc) is 2.29. The van der Waals surface area contributed by atoms with Gasteiger partial charge < -0.3 is 20.3 Å². The highest BCUT2D eigenvalue weighted by Gasteiger charge is 2.22. The first-order valence-electron chi connectivity index (χ1n) is 6.29. The number of nitrogens with two attached hydrogens (primary N) is 1. The Morgan fingerprint density at radius 1 is 1.39 bits per heavy atom. The molecule has 0 bridgehead atoms. The Balaban J connectivity index is 2.58. The van der Waals surface area contributed by atoms with Crippen LogP contribution in [0.5, 0.6) is 11.5 Å². The van der Waals surface area contributed by atoms with E-state index in [4.69, 9.17) is 15.2 Å². The van der Waals surface area contributed by atoms with E-state index in [9.17, 15) is 5.11 Å². The minimum Gasteiger partial charge on any atom is -0.494 e. The van der Waals surface area contributed by atoms with Crippen molar-refractivity contribution in [3.63, 3.8) is 0 Å². The third kappa shape index (κ3) is 4.94. The van der Waals surface area contributed by atoms with Crippen molar-refractivity contribution < 1.29 is 14.6 Å². The summed E-state index contributed by atoms with van der Waals surface area (Å²) in [5.74, 6) is 1.52. The van der Waals surface area contributed by atoms with Crippen LogP contribution in [0.2, 0.25) is 0 Å². The summed E-state index contributed by atoms with van der Waals surface area (Å²) in [6.45, 7) is 6.41. The van der Waals surface area contributed by atoms with E-state index in [0.29, 0.717) is 13.0 Å². The van der Waals surface area contributed by atoms with E-state index in [0.717, 1.165) is 11.5 Å². The third-order valence-corrected chi connectivity index (χ3v) is 2.62. The highest BCUT2D eigenvalue weighted by Crippen LogP contribution is 2.22. The standard InChI is InChI=1S/C14H23NO3/c1-4-17-12-6-5-7-13(8-12)18-11(2)9-14(3,16)10-15/h5-8,11,16H,4,9-10,15H2,1-3H3. The molecule has 1 aromatic carbocycles. The number of aliphatic hydroxyl groups is 1. The van der Waals surface area contributed by atoms with Crippen LogP contribution in [0.1, 0.15) is 27.2 Å². The smallest absolute Gasteiger partial charge is 0.123 e. The van der Waals surface area contributed by atoms with Crippen molar-refractivity contribution >= 4 is 0 Å². The second-order valence-corrected chi connectivity index (χ2v) is 4.74. The van der Waals surface area contributed by atoms with Crippen molar-refractivity contribution in [3.05, 3.63) is 24.3 Å². The van der Waals surface area contributed by atoms with E-state index in [-0.39, 0.29) is 12.6 Å². The van der Waals surface area contributed by atoms with Crippen LogP contribution in [0.4, 0.5) is 0 Å². The Morgan fingerprint density at radius 2 is 2.06 bits per heavy atom. The summed E-state index contributed by atoms with van der Waals surface area (Å²) in [4.78, 5) is 0. The predicted octanol–water partition coefficient (Wildman–Crippen LogP) is 1.95. The van der Waals surface area contributed by atoms with Crippen LogP contribution in [0.15, 0.2) is 24.3 Å². The lowest BCUT2D eigenvalue weighted by atomic mass is 9.99. The molecular weight excluding hydrogens is 230 g/mol. The minimum atomic E-state index is -0.892. The topological polar surface area (TPSA) is 64.7 Å². The van der Waals surface area contributed by atoms with Gasteiger partial charge in [-0.1, -0.05) is 6.07 Å². The SMILES string of the molecule is CCOc1cccc(OC(C)CC(C)(O)CN)c1. The molecule has 3 N–H and O–H groups in total. The fraction of sp³-hybridized carbons (Fsp3) is 0.571. The van der Waals surface area contributed by atoms with Crippen molar-refractivity contribution in [3.8, 4) is 11.5 Å². The van der Waals surface area contributed by atoms with Crippen LogP contribution in [-0.2, 0) is 0 Å². The Bertz CT molecular complexity index is 366. The molecule has 18 heavy (non-hydrogen) atoms. The van der Waals surface area contributed by atoms with Crippen LogP contribution in [0.3, 0.4) is 0 Å². The van der Waals surface area contributed by atoms with Gasteiger partial charge in [-0.05, 0) is 32.9 Å². The highest BCUT2D eigenvalue weighted by atomic mass is 16.5. The van der Waals surface area contributed by atoms with Crippen molar-refractivity contribution in [1.29, 1.82) is 0 Å². The summed E-state index contributed by atoms with van der Waals surface area (Å²) in [6, 6.07) is 7.48. The zero-order valence-corrected chi connectivity index (χ0v) is 11.3. The van der Waals surface area contributed by atoms with Crippen molar-refractivity contribution in [2.75, 3.05) is 13.2 Å². The first kappa shape index (κ1) is 14.8. The molecule has 2 unspecified atom stereocenters. The molecule has 102 valence electrons. The molecule has 0 amide bonds. The number of rotatable bonds is 7. The summed E-state index contributed by atoms with van der Waals surface area (Å²) < 4.78 is 11.1. The van der Waals surface area contributed by atoms with Crippen LogP contribution in [0.25, 0.3) is 0 Å². The van der Waals surface area contributed by atoms with Gasteiger partial charge in [0.05, 0.1) is 18.3 Å². The molecule has 0 radical (unpaired) electrons. The maximum Gasteiger partial charge on any atom is 0.123 e. The fourth-order valence-corrected chi connectivity index (χ4v) is 1.78. The molecule has 0 saturated carbocycles. The molecule has 0 aliphatic heterocycles. The molecule has 0 aliphatic carbocycles. The summed E-state index contributed by atoms with van der Waals surface area (Å²) in [7, 11) is 0. The van der Waals surface area contributed by atoms with E-state index >= 15 is 0 Å². The number of benzene rings is 1. The molecular formula is C14H23NO3. The molecule has 1 rings (SSSR count). The average molecular weight is 253 g/mol. The Morgan fingerprint density at radius 3 is 2.67 bits per heavy atom. The Hall–Kier alpha value is -1.26. The Labute approximate surface area is 109 Å². The van der Waals surface area contributed by atoms with Gasteiger partial charge in [0.1, 0.15) is 11.5 Å². The highest BCUT2D eigenvalue weighted by molar-refractivity contribution is 5.33. The maximum atomic E-state index is 9.88. The normalized spacial score (nSPS) is 15.8. The number of hydrogen-bond donors (Lipinski definition) is 2. The fourth-order valence-electron chi connectivity index (χ4n) is 1.78. The quantitative estimate of drug-likeness (QED) is 0.779. The summed E-state index contributed by atoms with van der Waals surface area (Å²) in [5, 5.41) is 9.88. The van der Waals surface area contributed by atoms with Gasteiger partial charge in [0.2, 0.25) is 0 Å². The first-order chi connectivity index (χ1) is 8.46. The van der Waals surface area contributed by atoms with E-state index in [1.807, 2.05) is 38.1 Å². The second-order valence-electron chi connectivity index (χ2n) is 4.74. The summed E-state index contributed by atoms with van der Waals surface area (Å²) in [6.07, 6.45) is 0.378. The molecule has 1 aromatic rings. The van der Waals surface area contributed by atoms with Gasteiger partial charge in [0, 0.05) is 19.0 Å². The summed E-state index contributed by atoms with van der Waals surface area (Å²) >= 11 is 0. The number of hydrogen-bond acceptors (Lipinski definition) is 4. The predicted molar refractivity (Wildman–Crippen MR) is 72.0 cm³/mol. The lowest BCUT2D eigenvalue weighted by Gasteiger charge is -2.25. The Kier molecular flexibility index (Phi) is 5.44. The van der Waals surface area contributed by atoms with Gasteiger partial charge in [0.25, 0.3) is 0 Å². The van der Waals surface area contributed by atoms with Gasteiger partial charge in [-0.3, -0.25) is 0 Å². The monoisotopic (exact) mass is 253 g/mol. The maximum absolute atomic E-state index is 9.88. The van der Waals surface area contributed by atoms with Crippen LogP contribution in [-0.4, -0.2) is 30.0 Å². The van der Waals surface area contributed by atoms with Crippen molar-refractivity contribution in [2.24, 2.45) is 5.73 Å². The van der Waals surface area contributed by atoms with Gasteiger partial charge in [-0.15, -0.1) is 0 Å². The second kappa shape index (κ2) is 6.61. The molecule has 0 saturated heterocycles. The van der Waals surface area contributed by atoms with E-state index in [2.05, 4.69) is 0 Å². The van der Waals surface area contributed by atoms with Gasteiger partial charge in [0.15, 0.2) is 0 Å². The third-order valence-electron chi connectivity index (χ3n) is 2.62. The van der Waals surface area contributed by atoms with Crippen molar-refractivity contribution in [1.82, 2.24) is 0 Å². The molecule has 0 heterocycles. The largest absolute Gasteiger partial charge is 0.494 e. The zero-order chi connectivity index (χ0) is 13.6.